The average molecular weight is 150 g/mol. The molecule has 6 nitrogen and oxygen atoms in total. The Labute approximate surface area is 67.6 Å². The van der Waals surface area contributed by atoms with Gasteiger partial charge in [0, 0.05) is 0 Å². The second kappa shape index (κ2) is 25.5. The van der Waals surface area contributed by atoms with Gasteiger partial charge in [0.05, 0.1) is 12.4 Å². The van der Waals surface area contributed by atoms with Crippen molar-refractivity contribution in [2.75, 3.05) is 0 Å². The Balaban J connectivity index is -0.0000000417. The van der Waals surface area contributed by atoms with Crippen LogP contribution in [-0.4, -0.2) is 56.8 Å². The molecule has 0 heterocycles. The largest absolute Gasteiger partial charge is 0.412 e. The molecule has 0 aliphatic carbocycles. The molecule has 0 bridgehead atoms. The molecule has 9 heavy (non-hydrogen) atoms. The summed E-state index contributed by atoms with van der Waals surface area (Å²) in [5.41, 5.74) is 0. The zero-order chi connectivity index (χ0) is 4.83. The summed E-state index contributed by atoms with van der Waals surface area (Å²) in [5, 5.41) is 20.1. The highest BCUT2D eigenvalue weighted by Crippen LogP contribution is 1.45. The van der Waals surface area contributed by atoms with Crippen molar-refractivity contribution in [3.63, 3.8) is 0 Å². The maximum Gasteiger partial charge on any atom is 0.316 e. The molecule has 0 rings (SSSR count). The van der Waals surface area contributed by atoms with Crippen LogP contribution in [0.25, 0.3) is 0 Å². The quantitative estimate of drug-likeness (QED) is 0.183. The zero-order valence-corrected chi connectivity index (χ0v) is 3.94. The number of hydrogen-bond donors (Lipinski definition) is 2. The molecule has 7 heteroatoms. The monoisotopic (exact) mass is 150 g/mol. The maximum absolute atomic E-state index is 7.56. The third-order valence-electron chi connectivity index (χ3n) is 0.200. The van der Waals surface area contributed by atoms with Crippen LogP contribution in [0.2, 0.25) is 0 Å². The van der Waals surface area contributed by atoms with E-state index in [9.17, 15) is 0 Å². The highest BCUT2D eigenvalue weighted by Gasteiger charge is 1.54. The lowest BCUT2D eigenvalue weighted by Crippen LogP contribution is -1.70. The van der Waals surface area contributed by atoms with Gasteiger partial charge in [-0.15, -0.1) is 0 Å². The SMILES string of the molecule is O.O.ON=CC=NO.[MgH2]. The van der Waals surface area contributed by atoms with Crippen molar-refractivity contribution in [3.05, 3.63) is 0 Å². The van der Waals surface area contributed by atoms with E-state index in [4.69, 9.17) is 10.4 Å². The van der Waals surface area contributed by atoms with Gasteiger partial charge in [-0.1, -0.05) is 10.3 Å². The van der Waals surface area contributed by atoms with Gasteiger partial charge in [-0.25, -0.2) is 0 Å². The number of oxime groups is 2. The molecule has 0 saturated carbocycles. The molecule has 0 saturated heterocycles. The topological polar surface area (TPSA) is 128 Å². The molecule has 0 fully saturated rings. The highest BCUT2D eigenvalue weighted by molar-refractivity contribution is 6.15. The van der Waals surface area contributed by atoms with Crippen molar-refractivity contribution in [1.82, 2.24) is 0 Å². The maximum atomic E-state index is 7.56. The van der Waals surface area contributed by atoms with E-state index in [-0.39, 0.29) is 34.0 Å². The van der Waals surface area contributed by atoms with Crippen molar-refractivity contribution in [2.24, 2.45) is 10.3 Å². The van der Waals surface area contributed by atoms with E-state index in [2.05, 4.69) is 10.3 Å². The molecule has 0 unspecified atom stereocenters. The second-order valence-electron chi connectivity index (χ2n) is 0.529. The van der Waals surface area contributed by atoms with Crippen LogP contribution in [0.1, 0.15) is 0 Å². The number of hydrogen-bond acceptors (Lipinski definition) is 4. The van der Waals surface area contributed by atoms with Crippen LogP contribution >= 0.6 is 0 Å². The highest BCUT2D eigenvalue weighted by atomic mass is 24.3. The van der Waals surface area contributed by atoms with Crippen LogP contribution in [-0.2, 0) is 0 Å². The Morgan fingerprint density at radius 3 is 1.22 bits per heavy atom. The van der Waals surface area contributed by atoms with Gasteiger partial charge in [0.2, 0.25) is 0 Å². The summed E-state index contributed by atoms with van der Waals surface area (Å²) < 4.78 is 0. The van der Waals surface area contributed by atoms with E-state index in [1.165, 1.54) is 0 Å². The van der Waals surface area contributed by atoms with Crippen molar-refractivity contribution in [3.8, 4) is 0 Å². The van der Waals surface area contributed by atoms with E-state index in [1.54, 1.807) is 0 Å². The zero-order valence-electron chi connectivity index (χ0n) is 3.94. The average Bonchev–Trinajstić information content (AvgIpc) is 1.61. The van der Waals surface area contributed by atoms with Crippen LogP contribution in [0.4, 0.5) is 0 Å². The molecular formula is C2H10MgN2O4. The van der Waals surface area contributed by atoms with Crippen LogP contribution in [0.3, 0.4) is 0 Å². The molecule has 0 amide bonds. The summed E-state index contributed by atoms with van der Waals surface area (Å²) in [6.07, 6.45) is 1.89. The van der Waals surface area contributed by atoms with E-state index >= 15 is 0 Å². The molecular weight excluding hydrogens is 140 g/mol. The Hall–Kier alpha value is -0.374. The van der Waals surface area contributed by atoms with Crippen molar-refractivity contribution >= 4 is 35.5 Å². The lowest BCUT2D eigenvalue weighted by molar-refractivity contribution is 0.317. The van der Waals surface area contributed by atoms with Gasteiger partial charge >= 0.3 is 23.1 Å². The van der Waals surface area contributed by atoms with Crippen LogP contribution < -0.4 is 0 Å². The summed E-state index contributed by atoms with van der Waals surface area (Å²) in [7, 11) is 0. The van der Waals surface area contributed by atoms with Crippen LogP contribution in [0.15, 0.2) is 10.3 Å². The summed E-state index contributed by atoms with van der Waals surface area (Å²) in [4.78, 5) is 0. The molecule has 0 aromatic heterocycles. The second-order valence-corrected chi connectivity index (χ2v) is 0.529. The lowest BCUT2D eigenvalue weighted by Gasteiger charge is -1.62. The molecule has 6 N–H and O–H groups in total. The molecule has 0 aliphatic rings. The van der Waals surface area contributed by atoms with Gasteiger partial charge in [-0.05, 0) is 0 Å². The summed E-state index contributed by atoms with van der Waals surface area (Å²) in [6.45, 7) is 0. The van der Waals surface area contributed by atoms with Gasteiger partial charge in [0.1, 0.15) is 0 Å². The van der Waals surface area contributed by atoms with Crippen molar-refractivity contribution < 1.29 is 21.4 Å². The van der Waals surface area contributed by atoms with E-state index in [1.807, 2.05) is 0 Å². The number of rotatable bonds is 1. The van der Waals surface area contributed by atoms with Crippen LogP contribution in [0, 0.1) is 0 Å². The fraction of sp³-hybridized carbons (Fsp3) is 0. The molecule has 0 atom stereocenters. The van der Waals surface area contributed by atoms with Crippen LogP contribution in [0.5, 0.6) is 0 Å². The first kappa shape index (κ1) is 23.4. The van der Waals surface area contributed by atoms with Crippen molar-refractivity contribution in [1.29, 1.82) is 0 Å². The fourth-order valence-corrected chi connectivity index (χ4v) is 0.0596. The fourth-order valence-electron chi connectivity index (χ4n) is 0.0596. The van der Waals surface area contributed by atoms with Crippen molar-refractivity contribution in [2.45, 2.75) is 0 Å². The predicted octanol–water partition coefficient (Wildman–Crippen LogP) is -2.66. The van der Waals surface area contributed by atoms with Gasteiger partial charge in [0.15, 0.2) is 0 Å². The summed E-state index contributed by atoms with van der Waals surface area (Å²) in [5.74, 6) is 0. The van der Waals surface area contributed by atoms with Gasteiger partial charge in [-0.3, -0.25) is 0 Å². The van der Waals surface area contributed by atoms with Gasteiger partial charge < -0.3 is 21.4 Å². The first-order valence-electron chi connectivity index (χ1n) is 1.25. The third-order valence-corrected chi connectivity index (χ3v) is 0.200. The standard InChI is InChI=1S/C2H4N2O2.Mg.2H2O.2H/c5-3-1-2-4-6;;;;;/h1-2,5-6H;;2*1H2;;. The minimum Gasteiger partial charge on any atom is -0.412 e. The molecule has 0 aliphatic heterocycles. The number of nitrogens with zero attached hydrogens (tertiary/aromatic N) is 2. The first-order valence-corrected chi connectivity index (χ1v) is 1.25. The van der Waals surface area contributed by atoms with Gasteiger partial charge in [0.25, 0.3) is 0 Å². The molecule has 0 aromatic rings. The Morgan fingerprint density at radius 2 is 1.11 bits per heavy atom. The molecule has 54 valence electrons. The molecule has 0 radical (unpaired) electrons. The summed E-state index contributed by atoms with van der Waals surface area (Å²) in [6, 6.07) is 0. The minimum atomic E-state index is 0. The Kier molecular flexibility index (Phi) is 66.3. The first-order chi connectivity index (χ1) is 2.91. The Morgan fingerprint density at radius 1 is 0.889 bits per heavy atom. The minimum absolute atomic E-state index is 0. The summed E-state index contributed by atoms with van der Waals surface area (Å²) >= 11 is 0. The lowest BCUT2D eigenvalue weighted by atomic mass is 10.8. The molecule has 0 spiro atoms. The Bertz CT molecular complexity index is 65.0. The normalized spacial score (nSPS) is 7.56. The molecule has 0 aromatic carbocycles. The van der Waals surface area contributed by atoms with E-state index < -0.39 is 0 Å². The van der Waals surface area contributed by atoms with E-state index in [0.29, 0.717) is 0 Å². The van der Waals surface area contributed by atoms with Gasteiger partial charge in [-0.2, -0.15) is 0 Å². The predicted molar refractivity (Wildman–Crippen MR) is 36.3 cm³/mol. The smallest absolute Gasteiger partial charge is 0.316 e. The third kappa shape index (κ3) is 35.0. The van der Waals surface area contributed by atoms with E-state index in [0.717, 1.165) is 12.4 Å².